The van der Waals surface area contributed by atoms with Gasteiger partial charge in [0.25, 0.3) is 11.5 Å². The molecular formula is C17H19N5O4S2. The van der Waals surface area contributed by atoms with Crippen molar-refractivity contribution in [3.63, 3.8) is 0 Å². The Kier molecular flexibility index (Phi) is 5.11. The average Bonchev–Trinajstić information content (AvgIpc) is 3.18. The van der Waals surface area contributed by atoms with E-state index < -0.39 is 23.1 Å². The fraction of sp³-hybridized carbons (Fsp3) is 0.471. The SMILES string of the molecule is CC(SCc1nc2sc3c(c2c(=O)[nH]1)CCCC3)C(=O)NN1CC(=O)NC1=O. The van der Waals surface area contributed by atoms with Crippen LogP contribution in [0.1, 0.15) is 36.0 Å². The van der Waals surface area contributed by atoms with Gasteiger partial charge in [-0.3, -0.25) is 25.1 Å². The predicted molar refractivity (Wildman–Crippen MR) is 106 cm³/mol. The fourth-order valence-corrected chi connectivity index (χ4v) is 5.34. The van der Waals surface area contributed by atoms with Crippen molar-refractivity contribution in [2.24, 2.45) is 0 Å². The number of thioether (sulfide) groups is 1. The number of imide groups is 1. The third-order valence-corrected chi connectivity index (χ3v) is 7.09. The topological polar surface area (TPSA) is 124 Å². The summed E-state index contributed by atoms with van der Waals surface area (Å²) in [7, 11) is 0. The molecule has 3 N–H and O–H groups in total. The highest BCUT2D eigenvalue weighted by atomic mass is 32.2. The van der Waals surface area contributed by atoms with Crippen LogP contribution in [0.25, 0.3) is 10.2 Å². The van der Waals surface area contributed by atoms with Gasteiger partial charge in [-0.1, -0.05) is 0 Å². The number of urea groups is 1. The number of nitrogens with one attached hydrogen (secondary N) is 3. The number of carbonyl (C=O) groups excluding carboxylic acids is 3. The molecule has 148 valence electrons. The maximum atomic E-state index is 12.5. The van der Waals surface area contributed by atoms with Gasteiger partial charge in [-0.25, -0.2) is 14.8 Å². The lowest BCUT2D eigenvalue weighted by molar-refractivity contribution is -0.124. The molecule has 0 bridgehead atoms. The second-order valence-corrected chi connectivity index (χ2v) is 9.19. The number of amides is 4. The molecule has 1 aliphatic heterocycles. The molecule has 0 radical (unpaired) electrons. The van der Waals surface area contributed by atoms with Gasteiger partial charge in [-0.05, 0) is 38.2 Å². The number of rotatable bonds is 5. The third kappa shape index (κ3) is 3.63. The molecule has 28 heavy (non-hydrogen) atoms. The summed E-state index contributed by atoms with van der Waals surface area (Å²) in [6.45, 7) is 1.49. The van der Waals surface area contributed by atoms with E-state index in [0.29, 0.717) is 17.0 Å². The number of H-pyrrole nitrogens is 1. The van der Waals surface area contributed by atoms with Gasteiger partial charge in [0.2, 0.25) is 5.91 Å². The van der Waals surface area contributed by atoms with Crippen molar-refractivity contribution < 1.29 is 14.4 Å². The zero-order valence-corrected chi connectivity index (χ0v) is 16.8. The van der Waals surface area contributed by atoms with Crippen LogP contribution in [0.5, 0.6) is 0 Å². The van der Waals surface area contributed by atoms with E-state index in [0.717, 1.165) is 41.1 Å². The van der Waals surface area contributed by atoms with Gasteiger partial charge in [0.15, 0.2) is 0 Å². The first-order chi connectivity index (χ1) is 13.4. The second kappa shape index (κ2) is 7.55. The van der Waals surface area contributed by atoms with Crippen LogP contribution in [-0.4, -0.2) is 44.6 Å². The number of aryl methyl sites for hydroxylation is 2. The van der Waals surface area contributed by atoms with Crippen LogP contribution < -0.4 is 16.3 Å². The van der Waals surface area contributed by atoms with Crippen molar-refractivity contribution >= 4 is 51.2 Å². The van der Waals surface area contributed by atoms with Crippen LogP contribution in [0.3, 0.4) is 0 Å². The molecule has 2 aromatic rings. The van der Waals surface area contributed by atoms with Crippen molar-refractivity contribution in [1.82, 2.24) is 25.7 Å². The molecule has 1 fully saturated rings. The lowest BCUT2D eigenvalue weighted by Crippen LogP contribution is -2.47. The summed E-state index contributed by atoms with van der Waals surface area (Å²) in [5.41, 5.74) is 3.44. The Bertz CT molecular complexity index is 1030. The lowest BCUT2D eigenvalue weighted by atomic mass is 9.97. The molecule has 0 saturated carbocycles. The molecule has 11 heteroatoms. The minimum Gasteiger partial charge on any atom is -0.309 e. The molecule has 3 heterocycles. The Morgan fingerprint density at radius 2 is 2.11 bits per heavy atom. The van der Waals surface area contributed by atoms with Crippen molar-refractivity contribution in [3.05, 3.63) is 26.6 Å². The van der Waals surface area contributed by atoms with Gasteiger partial charge >= 0.3 is 6.03 Å². The van der Waals surface area contributed by atoms with Gasteiger partial charge in [0, 0.05) is 4.88 Å². The molecule has 1 aliphatic carbocycles. The Labute approximate surface area is 168 Å². The first kappa shape index (κ1) is 18.9. The molecule has 0 aromatic carbocycles. The van der Waals surface area contributed by atoms with Gasteiger partial charge in [-0.15, -0.1) is 23.1 Å². The second-order valence-electron chi connectivity index (χ2n) is 6.77. The van der Waals surface area contributed by atoms with E-state index in [9.17, 15) is 19.2 Å². The third-order valence-electron chi connectivity index (χ3n) is 4.75. The molecule has 2 aliphatic rings. The molecule has 4 amide bonds. The molecule has 1 unspecified atom stereocenters. The summed E-state index contributed by atoms with van der Waals surface area (Å²) in [6.07, 6.45) is 4.18. The van der Waals surface area contributed by atoms with Gasteiger partial charge in [-0.2, -0.15) is 0 Å². The highest BCUT2D eigenvalue weighted by molar-refractivity contribution is 7.99. The maximum Gasteiger partial charge on any atom is 0.343 e. The van der Waals surface area contributed by atoms with Gasteiger partial charge in [0.1, 0.15) is 17.2 Å². The number of fused-ring (bicyclic) bond motifs is 3. The molecular weight excluding hydrogens is 402 g/mol. The maximum absolute atomic E-state index is 12.5. The number of hydrazine groups is 1. The molecule has 1 saturated heterocycles. The minimum atomic E-state index is -0.645. The molecule has 9 nitrogen and oxygen atoms in total. The zero-order chi connectivity index (χ0) is 19.8. The standard InChI is InChI=1S/C17H19N5O4S2/c1-8(14(24)21-22-6-12(23)20-17(22)26)27-7-11-18-15(25)13-9-4-2-3-5-10(9)28-16(13)19-11/h8H,2-7H2,1H3,(H,21,24)(H,18,19,25)(H,20,23,26). The Balaban J connectivity index is 1.42. The number of hydrogen-bond acceptors (Lipinski definition) is 7. The average molecular weight is 422 g/mol. The summed E-state index contributed by atoms with van der Waals surface area (Å²) >= 11 is 2.88. The number of carbonyl (C=O) groups is 3. The highest BCUT2D eigenvalue weighted by Gasteiger charge is 2.29. The van der Waals surface area contributed by atoms with Crippen LogP contribution in [0, 0.1) is 0 Å². The van der Waals surface area contributed by atoms with E-state index in [1.807, 2.05) is 0 Å². The monoisotopic (exact) mass is 421 g/mol. The predicted octanol–water partition coefficient (Wildman–Crippen LogP) is 1.07. The van der Waals surface area contributed by atoms with Crippen molar-refractivity contribution in [2.45, 2.75) is 43.6 Å². The van der Waals surface area contributed by atoms with Crippen molar-refractivity contribution in [1.29, 1.82) is 0 Å². The number of aromatic amines is 1. The van der Waals surface area contributed by atoms with Crippen molar-refractivity contribution in [2.75, 3.05) is 6.54 Å². The molecule has 1 atom stereocenters. The summed E-state index contributed by atoms with van der Waals surface area (Å²) in [5.74, 6) is 0.0204. The Morgan fingerprint density at radius 1 is 1.32 bits per heavy atom. The van der Waals surface area contributed by atoms with Gasteiger partial charge < -0.3 is 4.98 Å². The van der Waals surface area contributed by atoms with Gasteiger partial charge in [0.05, 0.1) is 16.4 Å². The van der Waals surface area contributed by atoms with Crippen LogP contribution in [-0.2, 0) is 28.2 Å². The highest BCUT2D eigenvalue weighted by Crippen LogP contribution is 2.33. The van der Waals surface area contributed by atoms with E-state index >= 15 is 0 Å². The first-order valence-electron chi connectivity index (χ1n) is 8.99. The minimum absolute atomic E-state index is 0.121. The molecule has 4 rings (SSSR count). The molecule has 2 aromatic heterocycles. The van der Waals surface area contributed by atoms with E-state index in [2.05, 4.69) is 20.7 Å². The van der Waals surface area contributed by atoms with E-state index in [-0.39, 0.29) is 12.1 Å². The summed E-state index contributed by atoms with van der Waals surface area (Å²) < 4.78 is 0. The first-order valence-corrected chi connectivity index (χ1v) is 10.9. The van der Waals surface area contributed by atoms with Crippen LogP contribution in [0.15, 0.2) is 4.79 Å². The summed E-state index contributed by atoms with van der Waals surface area (Å²) in [4.78, 5) is 56.9. The van der Waals surface area contributed by atoms with E-state index in [1.54, 1.807) is 18.3 Å². The van der Waals surface area contributed by atoms with Crippen LogP contribution in [0.4, 0.5) is 4.79 Å². The van der Waals surface area contributed by atoms with Crippen LogP contribution >= 0.6 is 23.1 Å². The largest absolute Gasteiger partial charge is 0.343 e. The number of thiophene rings is 1. The zero-order valence-electron chi connectivity index (χ0n) is 15.2. The summed E-state index contributed by atoms with van der Waals surface area (Å²) in [6, 6.07) is -0.645. The Morgan fingerprint density at radius 3 is 2.86 bits per heavy atom. The molecule has 0 spiro atoms. The van der Waals surface area contributed by atoms with E-state index in [1.165, 1.54) is 16.6 Å². The Hall–Kier alpha value is -2.40. The normalized spacial score (nSPS) is 17.5. The number of hydrogen-bond donors (Lipinski definition) is 3. The lowest BCUT2D eigenvalue weighted by Gasteiger charge is -2.17. The number of nitrogens with zero attached hydrogens (tertiary/aromatic N) is 2. The smallest absolute Gasteiger partial charge is 0.309 e. The number of aromatic nitrogens is 2. The van der Waals surface area contributed by atoms with Crippen LogP contribution in [0.2, 0.25) is 0 Å². The van der Waals surface area contributed by atoms with E-state index in [4.69, 9.17) is 0 Å². The quantitative estimate of drug-likeness (QED) is 0.621. The van der Waals surface area contributed by atoms with Crippen molar-refractivity contribution in [3.8, 4) is 0 Å². The summed E-state index contributed by atoms with van der Waals surface area (Å²) in [5, 5.41) is 3.25. The fourth-order valence-electron chi connectivity index (χ4n) is 3.31.